The number of piperidine rings is 1. The number of tetrazole rings is 1. The highest BCUT2D eigenvalue weighted by molar-refractivity contribution is 5.93. The number of nitrogens with one attached hydrogen (secondary N) is 1. The number of carbonyl (C=O) groups is 1. The lowest BCUT2D eigenvalue weighted by Gasteiger charge is -2.45. The monoisotopic (exact) mass is 457 g/mol. The van der Waals surface area contributed by atoms with E-state index in [4.69, 9.17) is 0 Å². The summed E-state index contributed by atoms with van der Waals surface area (Å²) >= 11 is 0. The highest BCUT2D eigenvalue weighted by Crippen LogP contribution is 2.40. The smallest absolute Gasteiger partial charge is 0.247 e. The van der Waals surface area contributed by atoms with Gasteiger partial charge in [0, 0.05) is 18.8 Å². The molecule has 1 aliphatic carbocycles. The first-order valence-corrected chi connectivity index (χ1v) is 12.4. The molecular weight excluding hydrogens is 426 g/mol. The maximum absolute atomic E-state index is 13.1. The van der Waals surface area contributed by atoms with Crippen LogP contribution in [0.15, 0.2) is 60.7 Å². The second-order valence-electron chi connectivity index (χ2n) is 9.73. The number of rotatable bonds is 5. The lowest BCUT2D eigenvalue weighted by Crippen LogP contribution is -2.57. The van der Waals surface area contributed by atoms with Crippen molar-refractivity contribution < 1.29 is 4.79 Å². The largest absolute Gasteiger partial charge is 0.339 e. The van der Waals surface area contributed by atoms with Gasteiger partial charge in [0.2, 0.25) is 5.91 Å². The van der Waals surface area contributed by atoms with Crippen molar-refractivity contribution in [2.45, 2.75) is 56.1 Å². The molecule has 1 spiro atoms. The number of hydrogen-bond acceptors (Lipinski definition) is 6. The third kappa shape index (κ3) is 3.57. The number of aromatic nitrogens is 4. The van der Waals surface area contributed by atoms with Crippen LogP contribution in [0, 0.1) is 0 Å². The Labute approximate surface area is 199 Å². The molecule has 1 saturated carbocycles. The highest BCUT2D eigenvalue weighted by atomic mass is 16.2. The van der Waals surface area contributed by atoms with E-state index in [1.807, 2.05) is 24.3 Å². The van der Waals surface area contributed by atoms with Crippen LogP contribution in [0.4, 0.5) is 5.69 Å². The summed E-state index contributed by atoms with van der Waals surface area (Å²) in [5.41, 5.74) is 1.79. The van der Waals surface area contributed by atoms with Gasteiger partial charge in [0.05, 0.1) is 18.8 Å². The van der Waals surface area contributed by atoms with Crippen LogP contribution in [0.25, 0.3) is 0 Å². The molecule has 1 amide bonds. The zero-order valence-electron chi connectivity index (χ0n) is 19.4. The van der Waals surface area contributed by atoms with Gasteiger partial charge < -0.3 is 10.2 Å². The molecule has 1 aromatic heterocycles. The Hall–Kier alpha value is -3.26. The lowest BCUT2D eigenvalue weighted by molar-refractivity contribution is -0.125. The van der Waals surface area contributed by atoms with Crippen molar-refractivity contribution in [3.8, 4) is 0 Å². The van der Waals surface area contributed by atoms with Crippen molar-refractivity contribution >= 4 is 11.6 Å². The van der Waals surface area contributed by atoms with E-state index in [1.165, 1.54) is 18.4 Å². The lowest BCUT2D eigenvalue weighted by atomic mass is 9.84. The zero-order chi connectivity index (χ0) is 23.0. The standard InChI is InChI=1S/C26H31N7O/c34-25-26(32(19-27-25)21-11-5-2-6-12-21)15-17-31(18-16-26)23(20-9-3-1-4-10-20)24-28-29-30-33(24)22-13-7-8-14-22/h1-6,9-12,22-23H,7-8,13-19H2,(H,27,34). The Morgan fingerprint density at radius 1 is 0.941 bits per heavy atom. The van der Waals surface area contributed by atoms with Crippen molar-refractivity contribution in [2.24, 2.45) is 0 Å². The average molecular weight is 458 g/mol. The molecule has 8 heteroatoms. The van der Waals surface area contributed by atoms with Gasteiger partial charge in [-0.3, -0.25) is 9.69 Å². The number of carbonyl (C=O) groups excluding carboxylic acids is 1. The van der Waals surface area contributed by atoms with Crippen molar-refractivity contribution in [3.05, 3.63) is 72.1 Å². The fourth-order valence-corrected chi connectivity index (χ4v) is 6.13. The van der Waals surface area contributed by atoms with Crippen molar-refractivity contribution in [1.82, 2.24) is 30.4 Å². The molecule has 1 atom stereocenters. The van der Waals surface area contributed by atoms with Crippen LogP contribution in [0.5, 0.6) is 0 Å². The van der Waals surface area contributed by atoms with Crippen LogP contribution >= 0.6 is 0 Å². The van der Waals surface area contributed by atoms with E-state index >= 15 is 0 Å². The topological polar surface area (TPSA) is 79.2 Å². The number of benzene rings is 2. The van der Waals surface area contributed by atoms with Crippen LogP contribution in [0.1, 0.15) is 62.0 Å². The van der Waals surface area contributed by atoms with E-state index in [0.29, 0.717) is 12.7 Å². The predicted octanol–water partition coefficient (Wildman–Crippen LogP) is 3.31. The zero-order valence-corrected chi connectivity index (χ0v) is 19.4. The third-order valence-corrected chi connectivity index (χ3v) is 7.94. The molecule has 3 aliphatic rings. The molecule has 6 rings (SSSR count). The van der Waals surface area contributed by atoms with E-state index in [1.54, 1.807) is 0 Å². The number of anilines is 1. The molecule has 8 nitrogen and oxygen atoms in total. The van der Waals surface area contributed by atoms with Crippen LogP contribution in [0.3, 0.4) is 0 Å². The normalized spacial score (nSPS) is 21.8. The van der Waals surface area contributed by atoms with Gasteiger partial charge >= 0.3 is 0 Å². The quantitative estimate of drug-likeness (QED) is 0.633. The van der Waals surface area contributed by atoms with E-state index in [9.17, 15) is 4.79 Å². The first-order valence-electron chi connectivity index (χ1n) is 12.4. The number of hydrogen-bond donors (Lipinski definition) is 1. The summed E-state index contributed by atoms with van der Waals surface area (Å²) in [5, 5.41) is 16.2. The van der Waals surface area contributed by atoms with Gasteiger partial charge in [-0.1, -0.05) is 61.4 Å². The second-order valence-corrected chi connectivity index (χ2v) is 9.73. The maximum Gasteiger partial charge on any atom is 0.247 e. The van der Waals surface area contributed by atoms with E-state index in [0.717, 1.165) is 50.3 Å². The molecule has 2 aromatic carbocycles. The van der Waals surface area contributed by atoms with Crippen LogP contribution in [-0.2, 0) is 4.79 Å². The summed E-state index contributed by atoms with van der Waals surface area (Å²) in [6.45, 7) is 2.16. The van der Waals surface area contributed by atoms with E-state index in [-0.39, 0.29) is 11.9 Å². The van der Waals surface area contributed by atoms with Gasteiger partial charge in [0.15, 0.2) is 5.82 Å². The average Bonchev–Trinajstić information content (AvgIpc) is 3.64. The van der Waals surface area contributed by atoms with Crippen LogP contribution in [-0.4, -0.2) is 56.3 Å². The number of amides is 1. The first kappa shape index (κ1) is 21.3. The molecule has 2 saturated heterocycles. The molecule has 1 unspecified atom stereocenters. The maximum atomic E-state index is 13.1. The summed E-state index contributed by atoms with van der Waals surface area (Å²) in [5.74, 6) is 1.06. The Morgan fingerprint density at radius 2 is 1.62 bits per heavy atom. The van der Waals surface area contributed by atoms with Crippen molar-refractivity contribution in [1.29, 1.82) is 0 Å². The minimum Gasteiger partial charge on any atom is -0.339 e. The minimum absolute atomic E-state index is 0.0243. The van der Waals surface area contributed by atoms with E-state index < -0.39 is 5.54 Å². The molecule has 3 heterocycles. The fourth-order valence-electron chi connectivity index (χ4n) is 6.13. The van der Waals surface area contributed by atoms with Gasteiger partial charge in [0.1, 0.15) is 5.54 Å². The molecule has 2 aliphatic heterocycles. The SMILES string of the molecule is O=C1NCN(c2ccccc2)C12CCN(C(c1ccccc1)c1nnnn1C1CCCC1)CC2. The molecule has 0 bridgehead atoms. The summed E-state index contributed by atoms with van der Waals surface area (Å²) < 4.78 is 2.08. The summed E-state index contributed by atoms with van der Waals surface area (Å²) in [7, 11) is 0. The van der Waals surface area contributed by atoms with E-state index in [2.05, 4.69) is 71.7 Å². The predicted molar refractivity (Wildman–Crippen MR) is 129 cm³/mol. The van der Waals surface area contributed by atoms with Gasteiger partial charge in [0.25, 0.3) is 0 Å². The van der Waals surface area contributed by atoms with Gasteiger partial charge in [-0.2, -0.15) is 0 Å². The Morgan fingerprint density at radius 3 is 2.32 bits per heavy atom. The van der Waals surface area contributed by atoms with Gasteiger partial charge in [-0.15, -0.1) is 5.10 Å². The van der Waals surface area contributed by atoms with Crippen LogP contribution < -0.4 is 10.2 Å². The van der Waals surface area contributed by atoms with Crippen molar-refractivity contribution in [2.75, 3.05) is 24.7 Å². The first-order chi connectivity index (χ1) is 16.8. The van der Waals surface area contributed by atoms with Crippen LogP contribution in [0.2, 0.25) is 0 Å². The molecule has 3 aromatic rings. The Kier molecular flexibility index (Phi) is 5.53. The minimum atomic E-state index is -0.504. The molecular formula is C26H31N7O. The number of para-hydroxylation sites is 1. The molecule has 1 N–H and O–H groups in total. The number of likely N-dealkylation sites (tertiary alicyclic amines) is 1. The Bertz CT molecular complexity index is 1120. The highest BCUT2D eigenvalue weighted by Gasteiger charge is 2.51. The van der Waals surface area contributed by atoms with Gasteiger partial charge in [-0.25, -0.2) is 4.68 Å². The summed E-state index contributed by atoms with van der Waals surface area (Å²) in [6, 6.07) is 21.2. The molecule has 0 radical (unpaired) electrons. The molecule has 34 heavy (non-hydrogen) atoms. The number of nitrogens with zero attached hydrogens (tertiary/aromatic N) is 6. The summed E-state index contributed by atoms with van der Waals surface area (Å²) in [6.07, 6.45) is 6.27. The molecule has 3 fully saturated rings. The third-order valence-electron chi connectivity index (χ3n) is 7.94. The van der Waals surface area contributed by atoms with Crippen molar-refractivity contribution in [3.63, 3.8) is 0 Å². The van der Waals surface area contributed by atoms with Gasteiger partial charge in [-0.05, 0) is 53.8 Å². The second kappa shape index (κ2) is 8.83. The molecule has 176 valence electrons. The summed E-state index contributed by atoms with van der Waals surface area (Å²) in [4.78, 5) is 17.9. The fraction of sp³-hybridized carbons (Fsp3) is 0.462. The Balaban J connectivity index is 1.30.